The number of halogens is 1. The van der Waals surface area contributed by atoms with Crippen LogP contribution >= 0.6 is 35.3 Å². The fraction of sp³-hybridized carbons (Fsp3) is 0.647. The molecule has 2 heterocycles. The van der Waals surface area contributed by atoms with Crippen LogP contribution in [0.3, 0.4) is 0 Å². The minimum atomic E-state index is -0.289. The van der Waals surface area contributed by atoms with Crippen molar-refractivity contribution in [2.75, 3.05) is 33.3 Å². The molecular weight excluding hydrogens is 451 g/mol. The van der Waals surface area contributed by atoms with E-state index >= 15 is 0 Å². The number of nitrogens with zero attached hydrogens (tertiary/aromatic N) is 2. The molecule has 2 rings (SSSR count). The van der Waals surface area contributed by atoms with E-state index in [0.717, 1.165) is 19.5 Å². The van der Waals surface area contributed by atoms with Crippen molar-refractivity contribution in [2.45, 2.75) is 39.3 Å². The third-order valence-corrected chi connectivity index (χ3v) is 5.13. The first-order valence-electron chi connectivity index (χ1n) is 8.35. The summed E-state index contributed by atoms with van der Waals surface area (Å²) in [4.78, 5) is 20.1. The van der Waals surface area contributed by atoms with Crippen LogP contribution in [0.1, 0.15) is 31.2 Å². The molecule has 142 valence electrons. The molecule has 1 amide bonds. The summed E-state index contributed by atoms with van der Waals surface area (Å²) in [6, 6.07) is 2.11. The molecular formula is C17H29IN4O2S. The minimum Gasteiger partial charge on any atom is -0.377 e. The zero-order valence-corrected chi connectivity index (χ0v) is 18.6. The van der Waals surface area contributed by atoms with E-state index < -0.39 is 0 Å². The van der Waals surface area contributed by atoms with Crippen molar-refractivity contribution in [1.29, 1.82) is 0 Å². The molecule has 0 aromatic carbocycles. The van der Waals surface area contributed by atoms with Crippen LogP contribution < -0.4 is 10.6 Å². The zero-order chi connectivity index (χ0) is 17.6. The van der Waals surface area contributed by atoms with Gasteiger partial charge in [-0.25, -0.2) is 4.99 Å². The number of rotatable bonds is 6. The van der Waals surface area contributed by atoms with Gasteiger partial charge in [0.15, 0.2) is 5.96 Å². The van der Waals surface area contributed by atoms with E-state index in [9.17, 15) is 4.79 Å². The lowest BCUT2D eigenvalue weighted by Gasteiger charge is -2.27. The molecule has 1 aliphatic rings. The summed E-state index contributed by atoms with van der Waals surface area (Å²) in [5, 5.41) is 8.49. The average Bonchev–Trinajstić information content (AvgIpc) is 3.04. The highest BCUT2D eigenvalue weighted by atomic mass is 127. The van der Waals surface area contributed by atoms with Crippen molar-refractivity contribution in [3.8, 4) is 0 Å². The number of thiophene rings is 1. The first kappa shape index (κ1) is 22.2. The summed E-state index contributed by atoms with van der Waals surface area (Å²) >= 11 is 1.78. The fourth-order valence-corrected chi connectivity index (χ4v) is 3.31. The molecule has 0 bridgehead atoms. The van der Waals surface area contributed by atoms with Gasteiger partial charge in [-0.05, 0) is 44.2 Å². The number of ether oxygens (including phenoxy) is 1. The maximum atomic E-state index is 12.4. The maximum Gasteiger partial charge on any atom is 0.244 e. The molecule has 25 heavy (non-hydrogen) atoms. The monoisotopic (exact) mass is 480 g/mol. The Kier molecular flexibility index (Phi) is 9.15. The Morgan fingerprint density at radius 1 is 1.44 bits per heavy atom. The highest BCUT2D eigenvalue weighted by molar-refractivity contribution is 14.0. The number of guanidine groups is 1. The molecule has 0 saturated carbocycles. The lowest BCUT2D eigenvalue weighted by atomic mass is 10.1. The SMILES string of the molecule is CCNC(=NCC(=O)N1CCc2sccc2C1)NCC(C)(C)OC.I. The van der Waals surface area contributed by atoms with Gasteiger partial charge in [-0.2, -0.15) is 0 Å². The second kappa shape index (κ2) is 10.3. The molecule has 0 radical (unpaired) electrons. The number of nitrogens with one attached hydrogen (secondary N) is 2. The topological polar surface area (TPSA) is 66.0 Å². The van der Waals surface area contributed by atoms with Crippen LogP contribution in [0.25, 0.3) is 0 Å². The number of methoxy groups -OCH3 is 1. The van der Waals surface area contributed by atoms with Gasteiger partial charge in [0.2, 0.25) is 5.91 Å². The molecule has 1 aromatic heterocycles. The van der Waals surface area contributed by atoms with Crippen LogP contribution in [0.15, 0.2) is 16.4 Å². The van der Waals surface area contributed by atoms with Crippen molar-refractivity contribution in [3.63, 3.8) is 0 Å². The summed E-state index contributed by atoms with van der Waals surface area (Å²) < 4.78 is 5.39. The van der Waals surface area contributed by atoms with Crippen LogP contribution in [-0.2, 0) is 22.5 Å². The predicted molar refractivity (Wildman–Crippen MR) is 114 cm³/mol. The standard InChI is InChI=1S/C17H28N4O2S.HI/c1-5-18-16(20-12-17(2,3)23-4)19-10-15(22)21-8-6-14-13(11-21)7-9-24-14;/h7,9H,5-6,8,10-12H2,1-4H3,(H2,18,19,20);1H. The van der Waals surface area contributed by atoms with Gasteiger partial charge in [0.1, 0.15) is 6.54 Å². The van der Waals surface area contributed by atoms with Crippen LogP contribution in [0.4, 0.5) is 0 Å². The quantitative estimate of drug-likeness (QED) is 0.373. The largest absolute Gasteiger partial charge is 0.377 e. The first-order valence-corrected chi connectivity index (χ1v) is 9.23. The van der Waals surface area contributed by atoms with Crippen molar-refractivity contribution in [2.24, 2.45) is 4.99 Å². The summed E-state index contributed by atoms with van der Waals surface area (Å²) in [5.41, 5.74) is 0.984. The molecule has 0 aliphatic carbocycles. The Balaban J connectivity index is 0.00000312. The van der Waals surface area contributed by atoms with Gasteiger partial charge in [0.25, 0.3) is 0 Å². The number of amides is 1. The third-order valence-electron chi connectivity index (χ3n) is 4.11. The molecule has 1 aromatic rings. The van der Waals surface area contributed by atoms with Crippen molar-refractivity contribution >= 4 is 47.2 Å². The number of hydrogen-bond donors (Lipinski definition) is 2. The lowest BCUT2D eigenvalue weighted by molar-refractivity contribution is -0.130. The highest BCUT2D eigenvalue weighted by Crippen LogP contribution is 2.23. The van der Waals surface area contributed by atoms with Gasteiger partial charge < -0.3 is 20.3 Å². The van der Waals surface area contributed by atoms with Gasteiger partial charge in [-0.1, -0.05) is 0 Å². The molecule has 8 heteroatoms. The minimum absolute atomic E-state index is 0. The van der Waals surface area contributed by atoms with Crippen molar-refractivity contribution in [1.82, 2.24) is 15.5 Å². The Hall–Kier alpha value is -0.870. The van der Waals surface area contributed by atoms with Crippen LogP contribution in [0.5, 0.6) is 0 Å². The number of aliphatic imine (C=N–C) groups is 1. The van der Waals surface area contributed by atoms with Crippen LogP contribution in [0.2, 0.25) is 0 Å². The van der Waals surface area contributed by atoms with E-state index in [1.54, 1.807) is 18.4 Å². The fourth-order valence-electron chi connectivity index (χ4n) is 2.42. The molecule has 1 aliphatic heterocycles. The normalized spacial score (nSPS) is 14.6. The van der Waals surface area contributed by atoms with E-state index in [1.165, 1.54) is 10.4 Å². The molecule has 6 nitrogen and oxygen atoms in total. The van der Waals surface area contributed by atoms with Gasteiger partial charge >= 0.3 is 0 Å². The number of fused-ring (bicyclic) bond motifs is 1. The Morgan fingerprint density at radius 2 is 2.20 bits per heavy atom. The van der Waals surface area contributed by atoms with Crippen LogP contribution in [0, 0.1) is 0 Å². The number of carbonyl (C=O) groups excluding carboxylic acids is 1. The first-order chi connectivity index (χ1) is 11.4. The van der Waals surface area contributed by atoms with Crippen molar-refractivity contribution in [3.05, 3.63) is 21.9 Å². The highest BCUT2D eigenvalue weighted by Gasteiger charge is 2.21. The molecule has 0 atom stereocenters. The summed E-state index contributed by atoms with van der Waals surface area (Å²) in [6.07, 6.45) is 0.947. The summed E-state index contributed by atoms with van der Waals surface area (Å²) in [6.45, 7) is 9.00. The van der Waals surface area contributed by atoms with E-state index in [2.05, 4.69) is 27.1 Å². The van der Waals surface area contributed by atoms with Crippen molar-refractivity contribution < 1.29 is 9.53 Å². The van der Waals surface area contributed by atoms with Crippen LogP contribution in [-0.4, -0.2) is 55.7 Å². The molecule has 0 unspecified atom stereocenters. The zero-order valence-electron chi connectivity index (χ0n) is 15.4. The Bertz CT molecular complexity index is 589. The molecule has 2 N–H and O–H groups in total. The Morgan fingerprint density at radius 3 is 2.88 bits per heavy atom. The summed E-state index contributed by atoms with van der Waals surface area (Å²) in [7, 11) is 1.68. The average molecular weight is 480 g/mol. The molecule has 0 fully saturated rings. The van der Waals surface area contributed by atoms with E-state index in [4.69, 9.17) is 4.74 Å². The lowest BCUT2D eigenvalue weighted by Crippen LogP contribution is -2.46. The number of hydrogen-bond acceptors (Lipinski definition) is 4. The second-order valence-corrected chi connectivity index (χ2v) is 7.45. The Labute approximate surface area is 171 Å². The molecule has 0 spiro atoms. The third kappa shape index (κ3) is 6.74. The smallest absolute Gasteiger partial charge is 0.244 e. The van der Waals surface area contributed by atoms with Gasteiger partial charge in [0, 0.05) is 38.2 Å². The van der Waals surface area contributed by atoms with E-state index in [0.29, 0.717) is 19.0 Å². The van der Waals surface area contributed by atoms with E-state index in [1.807, 2.05) is 25.7 Å². The predicted octanol–water partition coefficient (Wildman–Crippen LogP) is 2.23. The number of carbonyl (C=O) groups is 1. The van der Waals surface area contributed by atoms with Gasteiger partial charge in [-0.15, -0.1) is 35.3 Å². The molecule has 0 saturated heterocycles. The summed E-state index contributed by atoms with van der Waals surface area (Å²) in [5.74, 6) is 0.708. The maximum absolute atomic E-state index is 12.4. The van der Waals surface area contributed by atoms with E-state index in [-0.39, 0.29) is 42.0 Å². The van der Waals surface area contributed by atoms with Gasteiger partial charge in [0.05, 0.1) is 5.60 Å². The second-order valence-electron chi connectivity index (χ2n) is 6.45. The van der Waals surface area contributed by atoms with Gasteiger partial charge in [-0.3, -0.25) is 4.79 Å².